The molecule has 0 bridgehead atoms. The minimum absolute atomic E-state index is 0.248. The number of carboxylic acid groups (broad SMARTS) is 1. The summed E-state index contributed by atoms with van der Waals surface area (Å²) in [7, 11) is 3.09. The molecule has 0 spiro atoms. The molecule has 2 N–H and O–H groups in total. The van der Waals surface area contributed by atoms with Crippen molar-refractivity contribution < 1.29 is 19.4 Å². The van der Waals surface area contributed by atoms with Crippen molar-refractivity contribution in [2.24, 2.45) is 0 Å². The number of methoxy groups -OCH3 is 1. The van der Waals surface area contributed by atoms with Crippen molar-refractivity contribution in [2.45, 2.75) is 38.3 Å². The molecular weight excluding hydrogens is 436 g/mol. The number of nitrogens with one attached hydrogen (secondary N) is 1. The highest BCUT2D eigenvalue weighted by Crippen LogP contribution is 2.26. The van der Waals surface area contributed by atoms with Gasteiger partial charge in [0, 0.05) is 50.7 Å². The predicted octanol–water partition coefficient (Wildman–Crippen LogP) is 2.57. The van der Waals surface area contributed by atoms with Crippen LogP contribution in [0.4, 0.5) is 5.82 Å². The first kappa shape index (κ1) is 23.2. The number of aryl methyl sites for hydroxylation is 3. The second kappa shape index (κ2) is 10.3. The third-order valence-corrected chi connectivity index (χ3v) is 5.94. The third kappa shape index (κ3) is 5.33. The van der Waals surface area contributed by atoms with Crippen LogP contribution in [0.5, 0.6) is 5.88 Å². The molecule has 34 heavy (non-hydrogen) atoms. The van der Waals surface area contributed by atoms with Crippen LogP contribution < -0.4 is 10.1 Å². The summed E-state index contributed by atoms with van der Waals surface area (Å²) in [5, 5.41) is 17.1. The second-order valence-corrected chi connectivity index (χ2v) is 8.25. The van der Waals surface area contributed by atoms with Crippen molar-refractivity contribution in [1.82, 2.24) is 24.6 Å². The van der Waals surface area contributed by atoms with Gasteiger partial charge >= 0.3 is 5.97 Å². The van der Waals surface area contributed by atoms with E-state index >= 15 is 0 Å². The molecule has 0 fully saturated rings. The Bertz CT molecular complexity index is 1160. The summed E-state index contributed by atoms with van der Waals surface area (Å²) in [5.74, 6) is 0.0455. The predicted molar refractivity (Wildman–Crippen MR) is 125 cm³/mol. The highest BCUT2D eigenvalue weighted by Gasteiger charge is 2.26. The summed E-state index contributed by atoms with van der Waals surface area (Å²) in [4.78, 5) is 34.9. The second-order valence-electron chi connectivity index (χ2n) is 8.25. The molecular formula is C24H28N6O4. The number of carboxylic acids is 1. The molecule has 0 unspecified atom stereocenters. The average molecular weight is 465 g/mol. The molecule has 1 atom stereocenters. The van der Waals surface area contributed by atoms with Crippen molar-refractivity contribution in [2.75, 3.05) is 26.0 Å². The van der Waals surface area contributed by atoms with Crippen LogP contribution in [0.15, 0.2) is 42.9 Å². The maximum Gasteiger partial charge on any atom is 0.305 e. The Hall–Kier alpha value is -3.95. The topological polar surface area (TPSA) is 122 Å². The molecule has 1 aliphatic rings. The largest absolute Gasteiger partial charge is 0.481 e. The van der Waals surface area contributed by atoms with Gasteiger partial charge in [0.2, 0.25) is 5.88 Å². The Morgan fingerprint density at radius 2 is 2.12 bits per heavy atom. The van der Waals surface area contributed by atoms with Crippen LogP contribution in [0.3, 0.4) is 0 Å². The zero-order valence-electron chi connectivity index (χ0n) is 19.3. The first-order chi connectivity index (χ1) is 16.4. The molecule has 0 saturated heterocycles. The van der Waals surface area contributed by atoms with Crippen molar-refractivity contribution in [3.8, 4) is 5.88 Å². The number of nitrogens with zero attached hydrogens (tertiary/aromatic N) is 5. The summed E-state index contributed by atoms with van der Waals surface area (Å²) in [6, 6.07) is 6.83. The maximum absolute atomic E-state index is 13.1. The van der Waals surface area contributed by atoms with E-state index in [9.17, 15) is 14.7 Å². The summed E-state index contributed by atoms with van der Waals surface area (Å²) in [5.41, 5.74) is 3.20. The average Bonchev–Trinajstić information content (AvgIpc) is 3.34. The normalized spacial score (nSPS) is 13.5. The molecule has 178 valence electrons. The summed E-state index contributed by atoms with van der Waals surface area (Å²) in [6.45, 7) is 1.51. The Balaban J connectivity index is 1.43. The van der Waals surface area contributed by atoms with E-state index in [1.165, 1.54) is 30.0 Å². The lowest BCUT2D eigenvalue weighted by Crippen LogP contribution is -2.32. The van der Waals surface area contributed by atoms with Crippen LogP contribution in [0.25, 0.3) is 0 Å². The number of fused-ring (bicyclic) bond motifs is 1. The number of pyridine rings is 2. The maximum atomic E-state index is 13.1. The first-order valence-corrected chi connectivity index (χ1v) is 11.2. The number of anilines is 1. The molecule has 0 aromatic carbocycles. The summed E-state index contributed by atoms with van der Waals surface area (Å²) >= 11 is 0. The molecule has 1 aliphatic heterocycles. The minimum atomic E-state index is -1.01. The van der Waals surface area contributed by atoms with Crippen molar-refractivity contribution in [1.29, 1.82) is 0 Å². The number of rotatable bonds is 9. The highest BCUT2D eigenvalue weighted by molar-refractivity contribution is 5.94. The monoisotopic (exact) mass is 464 g/mol. The van der Waals surface area contributed by atoms with E-state index in [1.807, 2.05) is 6.07 Å². The van der Waals surface area contributed by atoms with Gasteiger partial charge in [-0.2, -0.15) is 5.10 Å². The number of carbonyl (C=O) groups is 2. The van der Waals surface area contributed by atoms with Gasteiger partial charge in [-0.25, -0.2) is 9.97 Å². The van der Waals surface area contributed by atoms with Crippen molar-refractivity contribution in [3.05, 3.63) is 65.2 Å². The smallest absolute Gasteiger partial charge is 0.305 e. The van der Waals surface area contributed by atoms with Crippen molar-refractivity contribution >= 4 is 17.7 Å². The third-order valence-electron chi connectivity index (χ3n) is 5.94. The number of amides is 1. The molecule has 0 saturated carbocycles. The number of aromatic nitrogens is 4. The van der Waals surface area contributed by atoms with Crippen LogP contribution in [0.1, 0.15) is 46.1 Å². The fourth-order valence-electron chi connectivity index (χ4n) is 4.03. The number of carbonyl (C=O) groups excluding carboxylic acids is 1. The number of hydrogen-bond acceptors (Lipinski definition) is 7. The van der Waals surface area contributed by atoms with E-state index in [0.717, 1.165) is 30.9 Å². The van der Waals surface area contributed by atoms with Gasteiger partial charge in [0.1, 0.15) is 5.82 Å². The zero-order valence-corrected chi connectivity index (χ0v) is 19.3. The van der Waals surface area contributed by atoms with Crippen LogP contribution in [0, 0.1) is 0 Å². The molecule has 3 aromatic rings. The van der Waals surface area contributed by atoms with Crippen molar-refractivity contribution in [3.63, 3.8) is 0 Å². The zero-order chi connectivity index (χ0) is 24.1. The highest BCUT2D eigenvalue weighted by atomic mass is 16.5. The quantitative estimate of drug-likeness (QED) is 0.495. The molecule has 0 aliphatic carbocycles. The Kier molecular flexibility index (Phi) is 7.05. The number of ether oxygens (including phenoxy) is 1. The van der Waals surface area contributed by atoms with Crippen LogP contribution in [-0.2, 0) is 24.2 Å². The van der Waals surface area contributed by atoms with E-state index in [0.29, 0.717) is 30.0 Å². The van der Waals surface area contributed by atoms with E-state index < -0.39 is 12.0 Å². The van der Waals surface area contributed by atoms with Crippen LogP contribution in [-0.4, -0.2) is 62.3 Å². The van der Waals surface area contributed by atoms with E-state index in [1.54, 1.807) is 30.1 Å². The fraction of sp³-hybridized carbons (Fsp3) is 0.375. The van der Waals surface area contributed by atoms with Gasteiger partial charge in [0.25, 0.3) is 5.91 Å². The lowest BCUT2D eigenvalue weighted by molar-refractivity contribution is -0.138. The standard InChI is InChI=1S/C24H28N6O4/c1-29(20(12-22(31)32)17-6-8-21(34-2)26-13-17)24(33)18-14-27-30(15-18)11-9-19-7-5-16-4-3-10-25-23(16)28-19/h5-8,13-15,20H,3-4,9-12H2,1-2H3,(H,25,28)(H,31,32)/t20-/m0/s1. The molecule has 4 rings (SSSR count). The lowest BCUT2D eigenvalue weighted by atomic mass is 10.0. The van der Waals surface area contributed by atoms with Gasteiger partial charge in [-0.05, 0) is 30.0 Å². The molecule has 1 amide bonds. The Morgan fingerprint density at radius 3 is 2.85 bits per heavy atom. The van der Waals surface area contributed by atoms with Gasteiger partial charge < -0.3 is 20.1 Å². The summed E-state index contributed by atoms with van der Waals surface area (Å²) in [6.07, 6.45) is 7.31. The van der Waals surface area contributed by atoms with E-state index in [-0.39, 0.29) is 12.3 Å². The van der Waals surface area contributed by atoms with Gasteiger partial charge in [-0.3, -0.25) is 14.3 Å². The minimum Gasteiger partial charge on any atom is -0.481 e. The molecule has 10 nitrogen and oxygen atoms in total. The summed E-state index contributed by atoms with van der Waals surface area (Å²) < 4.78 is 6.77. The first-order valence-electron chi connectivity index (χ1n) is 11.2. The van der Waals surface area contributed by atoms with Gasteiger partial charge in [0.05, 0.1) is 31.3 Å². The Morgan fingerprint density at radius 1 is 1.26 bits per heavy atom. The molecule has 4 heterocycles. The van der Waals surface area contributed by atoms with Gasteiger partial charge in [0.15, 0.2) is 0 Å². The van der Waals surface area contributed by atoms with E-state index in [4.69, 9.17) is 9.72 Å². The van der Waals surface area contributed by atoms with E-state index in [2.05, 4.69) is 21.5 Å². The van der Waals surface area contributed by atoms with Crippen LogP contribution >= 0.6 is 0 Å². The van der Waals surface area contributed by atoms with Crippen LogP contribution in [0.2, 0.25) is 0 Å². The van der Waals surface area contributed by atoms with Gasteiger partial charge in [-0.15, -0.1) is 0 Å². The lowest BCUT2D eigenvalue weighted by Gasteiger charge is -2.27. The number of aliphatic carboxylic acids is 1. The fourth-order valence-corrected chi connectivity index (χ4v) is 4.03. The molecule has 3 aromatic heterocycles. The SMILES string of the molecule is COc1ccc([C@H](CC(=O)O)N(C)C(=O)c2cnn(CCc3ccc4c(n3)NCCC4)c2)cn1. The van der Waals surface area contributed by atoms with Gasteiger partial charge in [-0.1, -0.05) is 12.1 Å². The molecule has 10 heteroatoms. The molecule has 0 radical (unpaired) electrons. The Labute approximate surface area is 197 Å². The number of hydrogen-bond donors (Lipinski definition) is 2.